The number of benzene rings is 1. The van der Waals surface area contributed by atoms with Crippen molar-refractivity contribution in [2.75, 3.05) is 11.9 Å². The first-order chi connectivity index (χ1) is 8.00. The quantitative estimate of drug-likeness (QED) is 0.827. The van der Waals surface area contributed by atoms with E-state index in [2.05, 4.69) is 24.5 Å². The molecule has 1 atom stereocenters. The summed E-state index contributed by atoms with van der Waals surface area (Å²) in [6.07, 6.45) is 0. The van der Waals surface area contributed by atoms with Gasteiger partial charge in [-0.15, -0.1) is 0 Å². The minimum atomic E-state index is -0.419. The van der Waals surface area contributed by atoms with Crippen LogP contribution in [0.2, 0.25) is 0 Å². The number of amides is 1. The van der Waals surface area contributed by atoms with Crippen LogP contribution in [0.5, 0.6) is 0 Å². The third-order valence-corrected chi connectivity index (χ3v) is 2.73. The fraction of sp³-hybridized carbons (Fsp3) is 0.462. The van der Waals surface area contributed by atoms with Gasteiger partial charge in [-0.25, -0.2) is 4.39 Å². The van der Waals surface area contributed by atoms with Gasteiger partial charge in [0.1, 0.15) is 5.82 Å². The van der Waals surface area contributed by atoms with Crippen molar-refractivity contribution in [2.45, 2.75) is 26.8 Å². The lowest BCUT2D eigenvalue weighted by Crippen LogP contribution is -2.37. The normalized spacial score (nSPS) is 12.5. The number of halogens is 1. The zero-order chi connectivity index (χ0) is 12.8. The van der Waals surface area contributed by atoms with E-state index in [1.54, 1.807) is 18.2 Å². The average Bonchev–Trinajstić information content (AvgIpc) is 2.29. The van der Waals surface area contributed by atoms with Gasteiger partial charge in [0, 0.05) is 6.04 Å². The third-order valence-electron chi connectivity index (χ3n) is 2.73. The van der Waals surface area contributed by atoms with Crippen LogP contribution in [0.3, 0.4) is 0 Å². The van der Waals surface area contributed by atoms with Crippen LogP contribution in [0.4, 0.5) is 10.1 Å². The molecule has 3 nitrogen and oxygen atoms in total. The summed E-state index contributed by atoms with van der Waals surface area (Å²) in [7, 11) is 0. The van der Waals surface area contributed by atoms with E-state index in [0.29, 0.717) is 5.92 Å². The topological polar surface area (TPSA) is 41.1 Å². The molecular formula is C13H19FN2O. The maximum Gasteiger partial charge on any atom is 0.238 e. The molecule has 0 aromatic heterocycles. The SMILES string of the molecule is CC(C)C(C)NCC(=O)Nc1ccccc1F. The van der Waals surface area contributed by atoms with Crippen LogP contribution in [0.1, 0.15) is 20.8 Å². The van der Waals surface area contributed by atoms with Crippen molar-refractivity contribution in [1.82, 2.24) is 5.32 Å². The van der Waals surface area contributed by atoms with E-state index in [1.165, 1.54) is 6.07 Å². The molecular weight excluding hydrogens is 219 g/mol. The van der Waals surface area contributed by atoms with Crippen LogP contribution in [0.25, 0.3) is 0 Å². The van der Waals surface area contributed by atoms with Gasteiger partial charge in [-0.05, 0) is 25.0 Å². The number of anilines is 1. The Kier molecular flexibility index (Phi) is 5.10. The van der Waals surface area contributed by atoms with E-state index in [-0.39, 0.29) is 24.2 Å². The van der Waals surface area contributed by atoms with Gasteiger partial charge in [-0.1, -0.05) is 26.0 Å². The summed E-state index contributed by atoms with van der Waals surface area (Å²) in [6, 6.07) is 6.38. The molecule has 0 spiro atoms. The molecule has 1 amide bonds. The second kappa shape index (κ2) is 6.35. The Balaban J connectivity index is 2.43. The number of rotatable bonds is 5. The molecule has 1 aromatic rings. The largest absolute Gasteiger partial charge is 0.322 e. The van der Waals surface area contributed by atoms with Crippen molar-refractivity contribution in [3.8, 4) is 0 Å². The number of hydrogen-bond donors (Lipinski definition) is 2. The molecule has 1 rings (SSSR count). The van der Waals surface area contributed by atoms with E-state index in [1.807, 2.05) is 6.92 Å². The van der Waals surface area contributed by atoms with E-state index >= 15 is 0 Å². The summed E-state index contributed by atoms with van der Waals surface area (Å²) in [6.45, 7) is 6.35. The predicted octanol–water partition coefficient (Wildman–Crippen LogP) is 2.40. The van der Waals surface area contributed by atoms with Gasteiger partial charge in [0.2, 0.25) is 5.91 Å². The summed E-state index contributed by atoms with van der Waals surface area (Å²) in [5, 5.41) is 5.62. The fourth-order valence-electron chi connectivity index (χ4n) is 1.25. The predicted molar refractivity (Wildman–Crippen MR) is 67.3 cm³/mol. The zero-order valence-corrected chi connectivity index (χ0v) is 10.5. The number of nitrogens with one attached hydrogen (secondary N) is 2. The van der Waals surface area contributed by atoms with Gasteiger partial charge in [0.25, 0.3) is 0 Å². The second-order valence-corrected chi connectivity index (χ2v) is 4.44. The monoisotopic (exact) mass is 238 g/mol. The van der Waals surface area contributed by atoms with Crippen LogP contribution in [0, 0.1) is 11.7 Å². The highest BCUT2D eigenvalue weighted by Gasteiger charge is 2.10. The number of carbonyl (C=O) groups is 1. The minimum absolute atomic E-state index is 0.188. The van der Waals surface area contributed by atoms with Crippen LogP contribution in [0.15, 0.2) is 24.3 Å². The Morgan fingerprint density at radius 1 is 1.29 bits per heavy atom. The van der Waals surface area contributed by atoms with E-state index in [0.717, 1.165) is 0 Å². The van der Waals surface area contributed by atoms with Gasteiger partial charge in [-0.2, -0.15) is 0 Å². The standard InChI is InChI=1S/C13H19FN2O/c1-9(2)10(3)15-8-13(17)16-12-7-5-4-6-11(12)14/h4-7,9-10,15H,8H2,1-3H3,(H,16,17). The minimum Gasteiger partial charge on any atom is -0.322 e. The Morgan fingerprint density at radius 3 is 2.53 bits per heavy atom. The Morgan fingerprint density at radius 2 is 1.94 bits per heavy atom. The molecule has 0 aliphatic heterocycles. The maximum absolute atomic E-state index is 13.2. The number of hydrogen-bond acceptors (Lipinski definition) is 2. The molecule has 0 saturated heterocycles. The summed E-state index contributed by atoms with van der Waals surface area (Å²) >= 11 is 0. The molecule has 0 aliphatic carbocycles. The molecule has 0 radical (unpaired) electrons. The molecule has 0 heterocycles. The molecule has 4 heteroatoms. The Bertz CT molecular complexity index is 379. The highest BCUT2D eigenvalue weighted by Crippen LogP contribution is 2.11. The molecule has 1 unspecified atom stereocenters. The summed E-state index contributed by atoms with van der Waals surface area (Å²) in [5.74, 6) is -0.198. The lowest BCUT2D eigenvalue weighted by atomic mass is 10.1. The molecule has 94 valence electrons. The zero-order valence-electron chi connectivity index (χ0n) is 10.5. The van der Waals surface area contributed by atoms with E-state index in [9.17, 15) is 9.18 Å². The molecule has 17 heavy (non-hydrogen) atoms. The lowest BCUT2D eigenvalue weighted by molar-refractivity contribution is -0.115. The molecule has 2 N–H and O–H groups in total. The molecule has 0 fully saturated rings. The van der Waals surface area contributed by atoms with Gasteiger partial charge in [0.15, 0.2) is 0 Å². The van der Waals surface area contributed by atoms with Gasteiger partial charge < -0.3 is 10.6 Å². The maximum atomic E-state index is 13.2. The van der Waals surface area contributed by atoms with Gasteiger partial charge in [-0.3, -0.25) is 4.79 Å². The molecule has 0 saturated carbocycles. The van der Waals surface area contributed by atoms with Crippen molar-refractivity contribution >= 4 is 11.6 Å². The first-order valence-electron chi connectivity index (χ1n) is 5.78. The van der Waals surface area contributed by atoms with Crippen molar-refractivity contribution in [3.63, 3.8) is 0 Å². The lowest BCUT2D eigenvalue weighted by Gasteiger charge is -2.17. The summed E-state index contributed by atoms with van der Waals surface area (Å²) in [4.78, 5) is 11.6. The first kappa shape index (κ1) is 13.6. The van der Waals surface area contributed by atoms with Crippen molar-refractivity contribution in [2.24, 2.45) is 5.92 Å². The van der Waals surface area contributed by atoms with Gasteiger partial charge in [0.05, 0.1) is 12.2 Å². The second-order valence-electron chi connectivity index (χ2n) is 4.44. The molecule has 1 aromatic carbocycles. The van der Waals surface area contributed by atoms with Crippen molar-refractivity contribution < 1.29 is 9.18 Å². The van der Waals surface area contributed by atoms with Crippen molar-refractivity contribution in [1.29, 1.82) is 0 Å². The van der Waals surface area contributed by atoms with Gasteiger partial charge >= 0.3 is 0 Å². The number of carbonyl (C=O) groups excluding carboxylic acids is 1. The smallest absolute Gasteiger partial charge is 0.238 e. The van der Waals surface area contributed by atoms with Crippen LogP contribution >= 0.6 is 0 Å². The summed E-state index contributed by atoms with van der Waals surface area (Å²) in [5.41, 5.74) is 0.219. The van der Waals surface area contributed by atoms with Crippen LogP contribution < -0.4 is 10.6 Å². The third kappa shape index (κ3) is 4.53. The fourth-order valence-corrected chi connectivity index (χ4v) is 1.25. The number of para-hydroxylation sites is 1. The van der Waals surface area contributed by atoms with Crippen molar-refractivity contribution in [3.05, 3.63) is 30.1 Å². The van der Waals surface area contributed by atoms with E-state index in [4.69, 9.17) is 0 Å². The first-order valence-corrected chi connectivity index (χ1v) is 5.78. The van der Waals surface area contributed by atoms with E-state index < -0.39 is 5.82 Å². The Hall–Kier alpha value is -1.42. The highest BCUT2D eigenvalue weighted by molar-refractivity contribution is 5.92. The highest BCUT2D eigenvalue weighted by atomic mass is 19.1. The molecule has 0 bridgehead atoms. The Labute approximate surface area is 101 Å². The average molecular weight is 238 g/mol. The molecule has 0 aliphatic rings. The van der Waals surface area contributed by atoms with Crippen LogP contribution in [-0.2, 0) is 4.79 Å². The summed E-state index contributed by atoms with van der Waals surface area (Å²) < 4.78 is 13.2. The van der Waals surface area contributed by atoms with Crippen LogP contribution in [-0.4, -0.2) is 18.5 Å².